The van der Waals surface area contributed by atoms with Crippen LogP contribution in [0.4, 0.5) is 0 Å². The first-order chi connectivity index (χ1) is 11.7. The zero-order chi connectivity index (χ0) is 16.9. The van der Waals surface area contributed by atoms with Crippen LogP contribution in [0.15, 0.2) is 47.4 Å². The summed E-state index contributed by atoms with van der Waals surface area (Å²) in [6.45, 7) is 2.45. The first kappa shape index (κ1) is 16.4. The molecule has 0 radical (unpaired) electrons. The van der Waals surface area contributed by atoms with Crippen molar-refractivity contribution in [3.63, 3.8) is 0 Å². The van der Waals surface area contributed by atoms with Gasteiger partial charge in [-0.1, -0.05) is 24.3 Å². The minimum Gasteiger partial charge on any atom is -0.383 e. The molecule has 0 spiro atoms. The van der Waals surface area contributed by atoms with Crippen LogP contribution in [0.2, 0.25) is 0 Å². The van der Waals surface area contributed by atoms with Gasteiger partial charge in [0.25, 0.3) is 0 Å². The number of nitrogens with zero attached hydrogens (tertiary/aromatic N) is 1. The Balaban J connectivity index is 1.68. The van der Waals surface area contributed by atoms with Crippen LogP contribution < -0.4 is 10.9 Å². The average Bonchev–Trinajstić information content (AvgIpc) is 2.60. The van der Waals surface area contributed by atoms with E-state index in [2.05, 4.69) is 10.3 Å². The van der Waals surface area contributed by atoms with Crippen molar-refractivity contribution >= 4 is 5.91 Å². The standard InChI is InChI=1S/C18H21N3O3/c1-24-12-16-18(23)21(9-8-19-16)11-13-2-4-14(5-3-13)15-6-7-17(22)20-10-15/h2-7,10,16,19H,8-9,11-12H2,1H3,(H,20,22)/t16-/m0/s1. The fraction of sp³-hybridized carbons (Fsp3) is 0.333. The van der Waals surface area contributed by atoms with Gasteiger partial charge in [-0.3, -0.25) is 9.59 Å². The predicted molar refractivity (Wildman–Crippen MR) is 91.6 cm³/mol. The highest BCUT2D eigenvalue weighted by Crippen LogP contribution is 2.19. The molecule has 1 saturated heterocycles. The van der Waals surface area contributed by atoms with Crippen LogP contribution >= 0.6 is 0 Å². The quantitative estimate of drug-likeness (QED) is 0.859. The molecule has 24 heavy (non-hydrogen) atoms. The van der Waals surface area contributed by atoms with E-state index in [9.17, 15) is 9.59 Å². The van der Waals surface area contributed by atoms with Gasteiger partial charge in [-0.2, -0.15) is 0 Å². The number of H-pyrrole nitrogens is 1. The maximum absolute atomic E-state index is 12.4. The maximum atomic E-state index is 12.4. The van der Waals surface area contributed by atoms with Gasteiger partial charge in [-0.15, -0.1) is 0 Å². The SMILES string of the molecule is COC[C@@H]1NCCN(Cc2ccc(-c3ccc(=O)[nH]c3)cc2)C1=O. The molecule has 2 aromatic rings. The van der Waals surface area contributed by atoms with Crippen LogP contribution in [0.25, 0.3) is 11.1 Å². The lowest BCUT2D eigenvalue weighted by Crippen LogP contribution is -2.56. The number of piperazine rings is 1. The van der Waals surface area contributed by atoms with Crippen molar-refractivity contribution in [2.24, 2.45) is 0 Å². The predicted octanol–water partition coefficient (Wildman–Crippen LogP) is 0.989. The van der Waals surface area contributed by atoms with Crippen LogP contribution in [0.5, 0.6) is 0 Å². The van der Waals surface area contributed by atoms with Gasteiger partial charge in [0, 0.05) is 39.0 Å². The third-order valence-corrected chi connectivity index (χ3v) is 4.16. The van der Waals surface area contributed by atoms with Gasteiger partial charge in [0.05, 0.1) is 6.61 Å². The normalized spacial score (nSPS) is 18.0. The fourth-order valence-corrected chi connectivity index (χ4v) is 2.86. The summed E-state index contributed by atoms with van der Waals surface area (Å²) in [6.07, 6.45) is 1.70. The topological polar surface area (TPSA) is 74.4 Å². The van der Waals surface area contributed by atoms with Crippen molar-refractivity contribution < 1.29 is 9.53 Å². The molecule has 1 aromatic heterocycles. The summed E-state index contributed by atoms with van der Waals surface area (Å²) >= 11 is 0. The average molecular weight is 327 g/mol. The number of carbonyl (C=O) groups is 1. The van der Waals surface area contributed by atoms with E-state index < -0.39 is 0 Å². The Morgan fingerprint density at radius 2 is 1.88 bits per heavy atom. The van der Waals surface area contributed by atoms with Crippen molar-refractivity contribution in [2.75, 3.05) is 26.8 Å². The van der Waals surface area contributed by atoms with E-state index in [0.717, 1.165) is 23.2 Å². The molecule has 1 fully saturated rings. The molecule has 2 N–H and O–H groups in total. The molecule has 1 atom stereocenters. The number of aromatic nitrogens is 1. The van der Waals surface area contributed by atoms with Crippen molar-refractivity contribution in [2.45, 2.75) is 12.6 Å². The van der Waals surface area contributed by atoms with Crippen LogP contribution in [-0.4, -0.2) is 48.6 Å². The Bertz CT molecular complexity index is 732. The molecule has 1 aromatic carbocycles. The largest absolute Gasteiger partial charge is 0.383 e. The van der Waals surface area contributed by atoms with E-state index in [1.165, 1.54) is 6.07 Å². The second kappa shape index (κ2) is 7.42. The van der Waals surface area contributed by atoms with Crippen molar-refractivity contribution in [1.82, 2.24) is 15.2 Å². The van der Waals surface area contributed by atoms with E-state index in [-0.39, 0.29) is 17.5 Å². The van der Waals surface area contributed by atoms with E-state index in [0.29, 0.717) is 19.7 Å². The number of ether oxygens (including phenoxy) is 1. The lowest BCUT2D eigenvalue weighted by atomic mass is 10.0. The highest BCUT2D eigenvalue weighted by molar-refractivity contribution is 5.82. The van der Waals surface area contributed by atoms with Crippen molar-refractivity contribution in [3.8, 4) is 11.1 Å². The zero-order valence-electron chi connectivity index (χ0n) is 13.6. The van der Waals surface area contributed by atoms with Crippen molar-refractivity contribution in [3.05, 3.63) is 58.5 Å². The molecule has 1 amide bonds. The smallest absolute Gasteiger partial charge is 0.247 e. The molecular weight excluding hydrogens is 306 g/mol. The number of nitrogens with one attached hydrogen (secondary N) is 2. The number of benzene rings is 1. The second-order valence-electron chi connectivity index (χ2n) is 5.86. The molecule has 1 aliphatic heterocycles. The Morgan fingerprint density at radius 1 is 1.12 bits per heavy atom. The Hall–Kier alpha value is -2.44. The number of amides is 1. The van der Waals surface area contributed by atoms with Gasteiger partial charge < -0.3 is 19.9 Å². The van der Waals surface area contributed by atoms with Crippen LogP contribution in [0.1, 0.15) is 5.56 Å². The van der Waals surface area contributed by atoms with E-state index in [4.69, 9.17) is 4.74 Å². The van der Waals surface area contributed by atoms with Gasteiger partial charge in [-0.25, -0.2) is 0 Å². The summed E-state index contributed by atoms with van der Waals surface area (Å²) in [7, 11) is 1.60. The van der Waals surface area contributed by atoms with E-state index in [1.54, 1.807) is 19.4 Å². The second-order valence-corrected chi connectivity index (χ2v) is 5.86. The number of methoxy groups -OCH3 is 1. The molecule has 3 rings (SSSR count). The molecule has 1 aliphatic rings. The Morgan fingerprint density at radius 3 is 2.54 bits per heavy atom. The Kier molecular flexibility index (Phi) is 5.08. The monoisotopic (exact) mass is 327 g/mol. The van der Waals surface area contributed by atoms with Gasteiger partial charge in [0.2, 0.25) is 11.5 Å². The minimum absolute atomic E-state index is 0.0767. The fourth-order valence-electron chi connectivity index (χ4n) is 2.86. The summed E-state index contributed by atoms with van der Waals surface area (Å²) in [5, 5.41) is 3.18. The minimum atomic E-state index is -0.260. The van der Waals surface area contributed by atoms with Gasteiger partial charge in [-0.05, 0) is 22.8 Å². The first-order valence-electron chi connectivity index (χ1n) is 7.96. The molecule has 0 unspecified atom stereocenters. The van der Waals surface area contributed by atoms with E-state index in [1.807, 2.05) is 29.2 Å². The summed E-state index contributed by atoms with van der Waals surface area (Å²) in [4.78, 5) is 28.0. The highest BCUT2D eigenvalue weighted by atomic mass is 16.5. The highest BCUT2D eigenvalue weighted by Gasteiger charge is 2.27. The van der Waals surface area contributed by atoms with Crippen LogP contribution in [0, 0.1) is 0 Å². The molecule has 2 heterocycles. The summed E-state index contributed by atoms with van der Waals surface area (Å²) in [6, 6.07) is 11.1. The van der Waals surface area contributed by atoms with Gasteiger partial charge in [0.15, 0.2) is 0 Å². The summed E-state index contributed by atoms with van der Waals surface area (Å²) in [5.74, 6) is 0.0767. The summed E-state index contributed by atoms with van der Waals surface area (Å²) < 4.78 is 5.09. The zero-order valence-corrected chi connectivity index (χ0v) is 13.6. The molecule has 126 valence electrons. The number of hydrogen-bond acceptors (Lipinski definition) is 4. The number of carbonyl (C=O) groups excluding carboxylic acids is 1. The lowest BCUT2D eigenvalue weighted by Gasteiger charge is -2.33. The number of rotatable bonds is 5. The van der Waals surface area contributed by atoms with Crippen LogP contribution in [-0.2, 0) is 16.1 Å². The number of hydrogen-bond donors (Lipinski definition) is 2. The molecule has 6 nitrogen and oxygen atoms in total. The van der Waals surface area contributed by atoms with Gasteiger partial charge in [0.1, 0.15) is 6.04 Å². The molecule has 0 bridgehead atoms. The molecule has 6 heteroatoms. The molecule has 0 saturated carbocycles. The maximum Gasteiger partial charge on any atom is 0.247 e. The first-order valence-corrected chi connectivity index (χ1v) is 7.96. The Labute approximate surface area is 140 Å². The van der Waals surface area contributed by atoms with Crippen LogP contribution in [0.3, 0.4) is 0 Å². The third-order valence-electron chi connectivity index (χ3n) is 4.16. The summed E-state index contributed by atoms with van der Waals surface area (Å²) in [5.41, 5.74) is 2.95. The van der Waals surface area contributed by atoms with E-state index >= 15 is 0 Å². The molecule has 0 aliphatic carbocycles. The number of aromatic amines is 1. The lowest BCUT2D eigenvalue weighted by molar-refractivity contribution is -0.137. The third kappa shape index (κ3) is 3.72. The number of pyridine rings is 1. The van der Waals surface area contributed by atoms with Crippen molar-refractivity contribution in [1.29, 1.82) is 0 Å². The van der Waals surface area contributed by atoms with Gasteiger partial charge >= 0.3 is 0 Å². The molecular formula is C18H21N3O3.